The Morgan fingerprint density at radius 2 is 2.00 bits per heavy atom. The van der Waals surface area contributed by atoms with Gasteiger partial charge in [0.1, 0.15) is 12.1 Å². The van der Waals surface area contributed by atoms with Crippen molar-refractivity contribution in [3.8, 4) is 0 Å². The zero-order valence-corrected chi connectivity index (χ0v) is 10.1. The number of Topliss-reactive ketones (excluding diaryl/α,β-unsaturated/α-hetero) is 1. The van der Waals surface area contributed by atoms with Crippen LogP contribution in [-0.2, 0) is 9.59 Å². The van der Waals surface area contributed by atoms with E-state index >= 15 is 0 Å². The van der Waals surface area contributed by atoms with Gasteiger partial charge in [-0.25, -0.2) is 0 Å². The van der Waals surface area contributed by atoms with Gasteiger partial charge in [-0.15, -0.1) is 0 Å². The number of hydrogen-bond acceptors (Lipinski definition) is 3. The van der Waals surface area contributed by atoms with E-state index in [9.17, 15) is 14.7 Å². The Morgan fingerprint density at radius 1 is 1.47 bits per heavy atom. The average molecular weight is 214 g/mol. The van der Waals surface area contributed by atoms with E-state index in [0.29, 0.717) is 6.29 Å². The third kappa shape index (κ3) is 3.74. The largest absolute Gasteiger partial charge is 0.392 e. The molecule has 0 aromatic carbocycles. The number of carbonyl (C=O) groups is 2. The van der Waals surface area contributed by atoms with Crippen molar-refractivity contribution in [1.29, 1.82) is 0 Å². The molecule has 0 heterocycles. The minimum absolute atomic E-state index is 0.0254. The number of aldehydes is 1. The van der Waals surface area contributed by atoms with Gasteiger partial charge < -0.3 is 9.90 Å². The van der Waals surface area contributed by atoms with Crippen molar-refractivity contribution >= 4 is 12.1 Å². The van der Waals surface area contributed by atoms with Crippen molar-refractivity contribution < 1.29 is 14.7 Å². The van der Waals surface area contributed by atoms with E-state index in [1.165, 1.54) is 0 Å². The fraction of sp³-hybridized carbons (Fsp3) is 0.833. The highest BCUT2D eigenvalue weighted by molar-refractivity contribution is 5.86. The van der Waals surface area contributed by atoms with E-state index in [1.807, 2.05) is 13.8 Å². The average Bonchev–Trinajstić information content (AvgIpc) is 2.17. The van der Waals surface area contributed by atoms with E-state index in [0.717, 1.165) is 12.8 Å². The van der Waals surface area contributed by atoms with Gasteiger partial charge in [-0.3, -0.25) is 4.79 Å². The zero-order chi connectivity index (χ0) is 12.1. The topological polar surface area (TPSA) is 54.4 Å². The molecule has 1 N–H and O–H groups in total. The molecule has 2 unspecified atom stereocenters. The predicted molar refractivity (Wildman–Crippen MR) is 59.5 cm³/mol. The molecule has 3 heteroatoms. The van der Waals surface area contributed by atoms with E-state index in [-0.39, 0.29) is 18.1 Å². The molecule has 0 aliphatic rings. The Morgan fingerprint density at radius 3 is 2.40 bits per heavy atom. The molecule has 15 heavy (non-hydrogen) atoms. The first-order valence-corrected chi connectivity index (χ1v) is 5.53. The van der Waals surface area contributed by atoms with Crippen LogP contribution in [0.5, 0.6) is 0 Å². The number of carbonyl (C=O) groups excluding carboxylic acids is 2. The third-order valence-electron chi connectivity index (χ3n) is 2.96. The Kier molecular flexibility index (Phi) is 5.73. The van der Waals surface area contributed by atoms with Crippen LogP contribution in [0.2, 0.25) is 0 Å². The number of rotatable bonds is 7. The predicted octanol–water partition coefficient (Wildman–Crippen LogP) is 1.97. The molecular weight excluding hydrogens is 192 g/mol. The molecule has 0 aliphatic heterocycles. The second kappa shape index (κ2) is 6.01. The van der Waals surface area contributed by atoms with Crippen LogP contribution in [0, 0.1) is 11.3 Å². The zero-order valence-electron chi connectivity index (χ0n) is 10.1. The van der Waals surface area contributed by atoms with Gasteiger partial charge in [-0.2, -0.15) is 0 Å². The summed E-state index contributed by atoms with van der Waals surface area (Å²) in [4.78, 5) is 22.3. The monoisotopic (exact) mass is 214 g/mol. The molecule has 0 spiro atoms. The molecule has 2 atom stereocenters. The van der Waals surface area contributed by atoms with Crippen LogP contribution in [-0.4, -0.2) is 23.3 Å². The van der Waals surface area contributed by atoms with Gasteiger partial charge in [0.15, 0.2) is 0 Å². The second-order valence-corrected chi connectivity index (χ2v) is 4.69. The van der Waals surface area contributed by atoms with Crippen LogP contribution >= 0.6 is 0 Å². The minimum Gasteiger partial charge on any atom is -0.392 e. The molecule has 88 valence electrons. The highest BCUT2D eigenvalue weighted by atomic mass is 16.3. The molecule has 0 saturated carbocycles. The van der Waals surface area contributed by atoms with E-state index < -0.39 is 11.5 Å². The highest BCUT2D eigenvalue weighted by Gasteiger charge is 2.37. The van der Waals surface area contributed by atoms with Crippen molar-refractivity contribution in [2.24, 2.45) is 11.3 Å². The summed E-state index contributed by atoms with van der Waals surface area (Å²) in [5, 5.41) is 9.71. The molecule has 0 aromatic heterocycles. The van der Waals surface area contributed by atoms with Crippen LogP contribution in [0.25, 0.3) is 0 Å². The van der Waals surface area contributed by atoms with Gasteiger partial charge in [-0.05, 0) is 6.42 Å². The summed E-state index contributed by atoms with van der Waals surface area (Å²) in [5.74, 6) is -0.00926. The summed E-state index contributed by atoms with van der Waals surface area (Å²) in [6, 6.07) is 0. The van der Waals surface area contributed by atoms with Crippen LogP contribution in [0.15, 0.2) is 0 Å². The molecule has 0 aromatic rings. The fourth-order valence-corrected chi connectivity index (χ4v) is 1.75. The maximum Gasteiger partial charge on any atom is 0.143 e. The lowest BCUT2D eigenvalue weighted by Crippen LogP contribution is -2.40. The molecular formula is C12H22O3. The first-order valence-electron chi connectivity index (χ1n) is 5.53. The summed E-state index contributed by atoms with van der Waals surface area (Å²) in [7, 11) is 0. The lowest BCUT2D eigenvalue weighted by atomic mass is 9.75. The molecule has 0 fully saturated rings. The van der Waals surface area contributed by atoms with Crippen molar-refractivity contribution in [1.82, 2.24) is 0 Å². The summed E-state index contributed by atoms with van der Waals surface area (Å²) < 4.78 is 0. The first kappa shape index (κ1) is 14.3. The number of aliphatic hydroxyl groups is 1. The van der Waals surface area contributed by atoms with Crippen LogP contribution < -0.4 is 0 Å². The van der Waals surface area contributed by atoms with Gasteiger partial charge >= 0.3 is 0 Å². The molecule has 0 radical (unpaired) electrons. The maximum atomic E-state index is 12.0. The number of ketones is 1. The minimum atomic E-state index is -0.873. The molecule has 0 amide bonds. The fourth-order valence-electron chi connectivity index (χ4n) is 1.75. The Hall–Kier alpha value is -0.700. The highest BCUT2D eigenvalue weighted by Crippen LogP contribution is 2.28. The summed E-state index contributed by atoms with van der Waals surface area (Å²) in [5.41, 5.74) is -0.824. The van der Waals surface area contributed by atoms with Crippen LogP contribution in [0.3, 0.4) is 0 Å². The van der Waals surface area contributed by atoms with E-state index in [2.05, 4.69) is 0 Å². The van der Waals surface area contributed by atoms with Crippen LogP contribution in [0.4, 0.5) is 0 Å². The van der Waals surface area contributed by atoms with Gasteiger partial charge in [-0.1, -0.05) is 34.1 Å². The van der Waals surface area contributed by atoms with Crippen LogP contribution in [0.1, 0.15) is 47.0 Å². The summed E-state index contributed by atoms with van der Waals surface area (Å²) >= 11 is 0. The maximum absolute atomic E-state index is 12.0. The van der Waals surface area contributed by atoms with Crippen molar-refractivity contribution in [2.75, 3.05) is 0 Å². The first-order chi connectivity index (χ1) is 6.87. The lowest BCUT2D eigenvalue weighted by Gasteiger charge is -2.30. The lowest BCUT2D eigenvalue weighted by molar-refractivity contribution is -0.137. The van der Waals surface area contributed by atoms with E-state index in [4.69, 9.17) is 0 Å². The normalized spacial score (nSPS) is 15.8. The van der Waals surface area contributed by atoms with Crippen molar-refractivity contribution in [3.05, 3.63) is 0 Å². The van der Waals surface area contributed by atoms with Crippen molar-refractivity contribution in [2.45, 2.75) is 53.1 Å². The third-order valence-corrected chi connectivity index (χ3v) is 2.96. The molecule has 3 nitrogen and oxygen atoms in total. The Labute approximate surface area is 91.9 Å². The van der Waals surface area contributed by atoms with Crippen molar-refractivity contribution in [3.63, 3.8) is 0 Å². The number of hydrogen-bond donors (Lipinski definition) is 1. The van der Waals surface area contributed by atoms with E-state index in [1.54, 1.807) is 13.8 Å². The van der Waals surface area contributed by atoms with Gasteiger partial charge in [0.05, 0.1) is 6.10 Å². The summed E-state index contributed by atoms with van der Waals surface area (Å²) in [6.45, 7) is 7.31. The second-order valence-electron chi connectivity index (χ2n) is 4.69. The quantitative estimate of drug-likeness (QED) is 0.659. The Balaban J connectivity index is 4.55. The molecule has 0 saturated heterocycles. The Bertz CT molecular complexity index is 221. The van der Waals surface area contributed by atoms with Gasteiger partial charge in [0.25, 0.3) is 0 Å². The molecule has 0 rings (SSSR count). The van der Waals surface area contributed by atoms with Gasteiger partial charge in [0.2, 0.25) is 0 Å². The van der Waals surface area contributed by atoms with Gasteiger partial charge in [0, 0.05) is 17.8 Å². The number of aliphatic hydroxyl groups excluding tert-OH is 1. The molecule has 0 bridgehead atoms. The summed E-state index contributed by atoms with van der Waals surface area (Å²) in [6.07, 6.45) is 1.59. The smallest absolute Gasteiger partial charge is 0.143 e. The molecule has 0 aliphatic carbocycles. The standard InChI is InChI=1S/C12H22O3/c1-5-6-9(2)11(15)12(3,4)10(14)7-8-13/h8-10,14H,5-7H2,1-4H3. The SMILES string of the molecule is CCCC(C)C(=O)C(C)(C)C(O)CC=O.